The minimum atomic E-state index is -0.409. The molecule has 2 rings (SSSR count). The molecule has 0 spiro atoms. The molecule has 0 amide bonds. The second-order valence-electron chi connectivity index (χ2n) is 4.00. The van der Waals surface area contributed by atoms with Gasteiger partial charge in [0.1, 0.15) is 0 Å². The molecule has 0 radical (unpaired) electrons. The van der Waals surface area contributed by atoms with Crippen LogP contribution in [0.5, 0.6) is 0 Å². The summed E-state index contributed by atoms with van der Waals surface area (Å²) in [5.74, 6) is -0.409. The topological polar surface area (TPSA) is 18.5 Å². The van der Waals surface area contributed by atoms with Gasteiger partial charge in [-0.2, -0.15) is 0 Å². The Morgan fingerprint density at radius 3 is 2.64 bits per heavy atom. The largest absolute Gasteiger partial charge is 0.347 e. The zero-order valence-corrected chi connectivity index (χ0v) is 8.75. The van der Waals surface area contributed by atoms with Crippen molar-refractivity contribution in [2.24, 2.45) is 0 Å². The van der Waals surface area contributed by atoms with Crippen LogP contribution in [0.1, 0.15) is 18.1 Å². The summed E-state index contributed by atoms with van der Waals surface area (Å²) in [6.07, 6.45) is 0.828. The molecule has 1 heterocycles. The molecule has 2 nitrogen and oxygen atoms in total. The minimum absolute atomic E-state index is 0.409. The fourth-order valence-electron chi connectivity index (χ4n) is 1.85. The molecule has 0 aliphatic carbocycles. The van der Waals surface area contributed by atoms with Gasteiger partial charge in [0.15, 0.2) is 5.79 Å². The molecular formula is C12H16O2. The van der Waals surface area contributed by atoms with Crippen molar-refractivity contribution in [1.82, 2.24) is 0 Å². The van der Waals surface area contributed by atoms with E-state index in [4.69, 9.17) is 9.47 Å². The zero-order valence-electron chi connectivity index (χ0n) is 8.75. The molecular weight excluding hydrogens is 176 g/mol. The third kappa shape index (κ3) is 2.14. The van der Waals surface area contributed by atoms with Gasteiger partial charge in [-0.05, 0) is 19.4 Å². The van der Waals surface area contributed by atoms with Crippen LogP contribution in [0.3, 0.4) is 0 Å². The van der Waals surface area contributed by atoms with E-state index in [-0.39, 0.29) is 0 Å². The summed E-state index contributed by atoms with van der Waals surface area (Å²) in [4.78, 5) is 0. The maximum atomic E-state index is 5.56. The Kier molecular flexibility index (Phi) is 2.57. The molecule has 0 N–H and O–H groups in total. The molecule has 1 aromatic rings. The summed E-state index contributed by atoms with van der Waals surface area (Å²) < 4.78 is 11.1. The SMILES string of the molecule is Cc1cccc(CC2(C)OCCO2)c1. The Hall–Kier alpha value is -0.860. The van der Waals surface area contributed by atoms with Crippen molar-refractivity contribution in [2.45, 2.75) is 26.1 Å². The summed E-state index contributed by atoms with van der Waals surface area (Å²) in [5.41, 5.74) is 2.55. The fraction of sp³-hybridized carbons (Fsp3) is 0.500. The van der Waals surface area contributed by atoms with E-state index in [1.165, 1.54) is 11.1 Å². The quantitative estimate of drug-likeness (QED) is 0.715. The van der Waals surface area contributed by atoms with E-state index in [0.29, 0.717) is 13.2 Å². The number of ether oxygens (including phenoxy) is 2. The van der Waals surface area contributed by atoms with Gasteiger partial charge in [0, 0.05) is 6.42 Å². The van der Waals surface area contributed by atoms with Crippen molar-refractivity contribution < 1.29 is 9.47 Å². The lowest BCUT2D eigenvalue weighted by atomic mass is 10.0. The van der Waals surface area contributed by atoms with Crippen LogP contribution in [0.15, 0.2) is 24.3 Å². The molecule has 0 saturated carbocycles. The Morgan fingerprint density at radius 2 is 2.00 bits per heavy atom. The first-order valence-corrected chi connectivity index (χ1v) is 5.01. The lowest BCUT2D eigenvalue weighted by molar-refractivity contribution is -0.140. The van der Waals surface area contributed by atoms with Gasteiger partial charge in [-0.1, -0.05) is 29.8 Å². The summed E-state index contributed by atoms with van der Waals surface area (Å²) >= 11 is 0. The van der Waals surface area contributed by atoms with Gasteiger partial charge in [-0.3, -0.25) is 0 Å². The summed E-state index contributed by atoms with van der Waals surface area (Å²) in [6, 6.07) is 8.46. The van der Waals surface area contributed by atoms with Crippen LogP contribution in [0, 0.1) is 6.92 Å². The van der Waals surface area contributed by atoms with E-state index >= 15 is 0 Å². The van der Waals surface area contributed by atoms with Gasteiger partial charge >= 0.3 is 0 Å². The Balaban J connectivity index is 2.10. The van der Waals surface area contributed by atoms with Crippen molar-refractivity contribution in [1.29, 1.82) is 0 Å². The molecule has 76 valence electrons. The third-order valence-electron chi connectivity index (χ3n) is 2.51. The number of hydrogen-bond donors (Lipinski definition) is 0. The average molecular weight is 192 g/mol. The van der Waals surface area contributed by atoms with Gasteiger partial charge in [0.05, 0.1) is 13.2 Å². The highest BCUT2D eigenvalue weighted by Gasteiger charge is 2.30. The third-order valence-corrected chi connectivity index (χ3v) is 2.51. The van der Waals surface area contributed by atoms with E-state index in [1.54, 1.807) is 0 Å². The van der Waals surface area contributed by atoms with Crippen molar-refractivity contribution in [2.75, 3.05) is 13.2 Å². The number of aryl methyl sites for hydroxylation is 1. The molecule has 0 bridgehead atoms. The van der Waals surface area contributed by atoms with Gasteiger partial charge in [-0.15, -0.1) is 0 Å². The van der Waals surface area contributed by atoms with Crippen molar-refractivity contribution >= 4 is 0 Å². The Bertz CT molecular complexity index is 314. The maximum absolute atomic E-state index is 5.56. The molecule has 1 fully saturated rings. The van der Waals surface area contributed by atoms with Gasteiger partial charge in [0.2, 0.25) is 0 Å². The minimum Gasteiger partial charge on any atom is -0.347 e. The molecule has 14 heavy (non-hydrogen) atoms. The van der Waals surface area contributed by atoms with Crippen molar-refractivity contribution in [3.63, 3.8) is 0 Å². The smallest absolute Gasteiger partial charge is 0.169 e. The molecule has 2 heteroatoms. The summed E-state index contributed by atoms with van der Waals surface area (Å²) in [5, 5.41) is 0. The van der Waals surface area contributed by atoms with Gasteiger partial charge in [0.25, 0.3) is 0 Å². The second-order valence-corrected chi connectivity index (χ2v) is 4.00. The summed E-state index contributed by atoms with van der Waals surface area (Å²) in [7, 11) is 0. The standard InChI is InChI=1S/C12H16O2/c1-10-4-3-5-11(8-10)9-12(2)13-6-7-14-12/h3-5,8H,6-7,9H2,1-2H3. The first kappa shape index (κ1) is 9.69. The van der Waals surface area contributed by atoms with Gasteiger partial charge in [-0.25, -0.2) is 0 Å². The van der Waals surface area contributed by atoms with Gasteiger partial charge < -0.3 is 9.47 Å². The van der Waals surface area contributed by atoms with Crippen molar-refractivity contribution in [3.8, 4) is 0 Å². The molecule has 1 aliphatic rings. The first-order chi connectivity index (χ1) is 6.68. The van der Waals surface area contributed by atoms with Crippen LogP contribution in [-0.4, -0.2) is 19.0 Å². The monoisotopic (exact) mass is 192 g/mol. The van der Waals surface area contributed by atoms with Crippen LogP contribution < -0.4 is 0 Å². The van der Waals surface area contributed by atoms with Crippen LogP contribution in [0.25, 0.3) is 0 Å². The van der Waals surface area contributed by atoms with Crippen molar-refractivity contribution in [3.05, 3.63) is 35.4 Å². The number of benzene rings is 1. The second kappa shape index (κ2) is 3.71. The molecule has 0 atom stereocenters. The molecule has 1 saturated heterocycles. The highest BCUT2D eigenvalue weighted by atomic mass is 16.7. The molecule has 1 aliphatic heterocycles. The lowest BCUT2D eigenvalue weighted by Gasteiger charge is -2.22. The zero-order chi connectivity index (χ0) is 10.0. The van der Waals surface area contributed by atoms with E-state index < -0.39 is 5.79 Å². The summed E-state index contributed by atoms with van der Waals surface area (Å²) in [6.45, 7) is 5.52. The predicted octanol–water partition coefficient (Wildman–Crippen LogP) is 2.30. The highest BCUT2D eigenvalue weighted by Crippen LogP contribution is 2.23. The lowest BCUT2D eigenvalue weighted by Crippen LogP contribution is -2.28. The average Bonchev–Trinajstić information content (AvgIpc) is 2.51. The van der Waals surface area contributed by atoms with Crippen LogP contribution >= 0.6 is 0 Å². The van der Waals surface area contributed by atoms with E-state index in [9.17, 15) is 0 Å². The maximum Gasteiger partial charge on any atom is 0.169 e. The molecule has 1 aromatic carbocycles. The molecule has 0 aromatic heterocycles. The number of hydrogen-bond acceptors (Lipinski definition) is 2. The van der Waals surface area contributed by atoms with E-state index in [2.05, 4.69) is 31.2 Å². The molecule has 0 unspecified atom stereocenters. The van der Waals surface area contributed by atoms with E-state index in [1.807, 2.05) is 6.92 Å². The Morgan fingerprint density at radius 1 is 1.29 bits per heavy atom. The fourth-order valence-corrected chi connectivity index (χ4v) is 1.85. The predicted molar refractivity (Wildman–Crippen MR) is 55.2 cm³/mol. The normalized spacial score (nSPS) is 19.9. The van der Waals surface area contributed by atoms with E-state index in [0.717, 1.165) is 6.42 Å². The first-order valence-electron chi connectivity index (χ1n) is 5.01. The van der Waals surface area contributed by atoms with Crippen LogP contribution in [0.4, 0.5) is 0 Å². The van der Waals surface area contributed by atoms with Crippen LogP contribution in [-0.2, 0) is 15.9 Å². The highest BCUT2D eigenvalue weighted by molar-refractivity contribution is 5.23. The van der Waals surface area contributed by atoms with Crippen LogP contribution in [0.2, 0.25) is 0 Å². The Labute approximate surface area is 84.8 Å². The number of rotatable bonds is 2.